The van der Waals surface area contributed by atoms with Crippen LogP contribution in [0.3, 0.4) is 0 Å². The Bertz CT molecular complexity index is 695. The molecule has 19 heavy (non-hydrogen) atoms. The van der Waals surface area contributed by atoms with Crippen LogP contribution in [0.1, 0.15) is 0 Å². The van der Waals surface area contributed by atoms with E-state index in [4.69, 9.17) is 10.5 Å². The maximum absolute atomic E-state index is 5.58. The number of aromatic nitrogens is 5. The van der Waals surface area contributed by atoms with Gasteiger partial charge in [0.2, 0.25) is 11.1 Å². The molecule has 2 heterocycles. The first-order valence-corrected chi connectivity index (χ1v) is 6.24. The van der Waals surface area contributed by atoms with E-state index in [-0.39, 0.29) is 12.0 Å². The molecular weight excluding hydrogens is 264 g/mol. The van der Waals surface area contributed by atoms with E-state index in [1.165, 1.54) is 18.9 Å². The van der Waals surface area contributed by atoms with Crippen LogP contribution in [-0.4, -0.2) is 32.0 Å². The molecule has 0 fully saturated rings. The van der Waals surface area contributed by atoms with Gasteiger partial charge in [-0.15, -0.1) is 0 Å². The Labute approximate surface area is 112 Å². The molecular formula is C11H10N6OS. The van der Waals surface area contributed by atoms with E-state index < -0.39 is 0 Å². The molecule has 3 rings (SSSR count). The third-order valence-electron chi connectivity index (χ3n) is 2.35. The summed E-state index contributed by atoms with van der Waals surface area (Å²) in [4.78, 5) is 19.5. The third kappa shape index (κ3) is 2.43. The van der Waals surface area contributed by atoms with Gasteiger partial charge in [0.05, 0.1) is 18.1 Å². The fourth-order valence-electron chi connectivity index (χ4n) is 1.55. The Kier molecular flexibility index (Phi) is 2.92. The summed E-state index contributed by atoms with van der Waals surface area (Å²) in [6, 6.07) is 7.94. The highest BCUT2D eigenvalue weighted by atomic mass is 32.2. The number of nitrogens with two attached hydrogens (primary N) is 1. The second-order valence-corrected chi connectivity index (χ2v) is 4.58. The lowest BCUT2D eigenvalue weighted by atomic mass is 10.3. The first-order chi connectivity index (χ1) is 9.24. The third-order valence-corrected chi connectivity index (χ3v) is 3.10. The van der Waals surface area contributed by atoms with Gasteiger partial charge in [-0.1, -0.05) is 12.1 Å². The summed E-state index contributed by atoms with van der Waals surface area (Å²) >= 11 is 1.27. The number of anilines is 1. The van der Waals surface area contributed by atoms with Crippen molar-refractivity contribution in [2.45, 2.75) is 10.3 Å². The predicted octanol–water partition coefficient (Wildman–Crippen LogP) is 1.49. The van der Waals surface area contributed by atoms with Crippen LogP contribution in [0.15, 0.2) is 34.6 Å². The van der Waals surface area contributed by atoms with Crippen LogP contribution < -0.4 is 10.5 Å². The zero-order valence-corrected chi connectivity index (χ0v) is 10.8. The van der Waals surface area contributed by atoms with E-state index in [1.54, 1.807) is 0 Å². The van der Waals surface area contributed by atoms with E-state index in [0.717, 1.165) is 11.0 Å². The number of hydrogen-bond acceptors (Lipinski definition) is 7. The standard InChI is InChI=1S/C11H10N6OS/c1-18-9-15-8(12)16-11(17-9)19-10-13-6-4-2-3-5-7(6)14-10/h2-5H,1H3,(H,13,14)(H2,12,15,16,17). The Morgan fingerprint density at radius 2 is 2.00 bits per heavy atom. The largest absolute Gasteiger partial charge is 0.467 e. The Hall–Kier alpha value is -2.35. The van der Waals surface area contributed by atoms with Gasteiger partial charge in [-0.25, -0.2) is 4.98 Å². The number of H-pyrrole nitrogens is 1. The molecule has 0 amide bonds. The average Bonchev–Trinajstić information content (AvgIpc) is 2.80. The topological polar surface area (TPSA) is 103 Å². The van der Waals surface area contributed by atoms with Crippen molar-refractivity contribution in [3.05, 3.63) is 24.3 Å². The average molecular weight is 274 g/mol. The molecule has 0 aliphatic rings. The molecule has 0 unspecified atom stereocenters. The summed E-state index contributed by atoms with van der Waals surface area (Å²) < 4.78 is 4.95. The number of nitrogen functional groups attached to an aromatic ring is 1. The molecule has 2 aromatic heterocycles. The summed E-state index contributed by atoms with van der Waals surface area (Å²) in [5.74, 6) is 0.116. The minimum atomic E-state index is 0.116. The molecule has 0 bridgehead atoms. The zero-order valence-electron chi connectivity index (χ0n) is 9.99. The molecule has 0 saturated carbocycles. The van der Waals surface area contributed by atoms with Gasteiger partial charge in [-0.3, -0.25) is 0 Å². The fraction of sp³-hybridized carbons (Fsp3) is 0.0909. The molecule has 3 aromatic rings. The van der Waals surface area contributed by atoms with Crippen molar-refractivity contribution in [3.63, 3.8) is 0 Å². The monoisotopic (exact) mass is 274 g/mol. The minimum Gasteiger partial charge on any atom is -0.467 e. The molecule has 7 nitrogen and oxygen atoms in total. The number of imidazole rings is 1. The molecule has 0 spiro atoms. The van der Waals surface area contributed by atoms with E-state index in [9.17, 15) is 0 Å². The molecule has 3 N–H and O–H groups in total. The maximum atomic E-state index is 5.58. The van der Waals surface area contributed by atoms with Crippen molar-refractivity contribution in [2.75, 3.05) is 12.8 Å². The lowest BCUT2D eigenvalue weighted by Gasteiger charge is -2.01. The number of aromatic amines is 1. The van der Waals surface area contributed by atoms with Crippen LogP contribution in [0.25, 0.3) is 11.0 Å². The fourth-order valence-corrected chi connectivity index (χ4v) is 2.29. The molecule has 0 atom stereocenters. The van der Waals surface area contributed by atoms with Crippen LogP contribution in [0.4, 0.5) is 5.95 Å². The summed E-state index contributed by atoms with van der Waals surface area (Å²) in [6.45, 7) is 0. The van der Waals surface area contributed by atoms with Gasteiger partial charge in [-0.05, 0) is 23.9 Å². The van der Waals surface area contributed by atoms with Gasteiger partial charge in [0.15, 0.2) is 5.16 Å². The van der Waals surface area contributed by atoms with E-state index in [1.807, 2.05) is 24.3 Å². The predicted molar refractivity (Wildman–Crippen MR) is 71.0 cm³/mol. The van der Waals surface area contributed by atoms with Gasteiger partial charge in [0.25, 0.3) is 0 Å². The highest BCUT2D eigenvalue weighted by molar-refractivity contribution is 7.99. The number of ether oxygens (including phenoxy) is 1. The van der Waals surface area contributed by atoms with Crippen molar-refractivity contribution < 1.29 is 4.74 Å². The van der Waals surface area contributed by atoms with Crippen LogP contribution in [0.2, 0.25) is 0 Å². The van der Waals surface area contributed by atoms with E-state index in [2.05, 4.69) is 24.9 Å². The van der Waals surface area contributed by atoms with Gasteiger partial charge in [0, 0.05) is 0 Å². The lowest BCUT2D eigenvalue weighted by molar-refractivity contribution is 0.374. The van der Waals surface area contributed by atoms with Crippen LogP contribution in [0, 0.1) is 0 Å². The van der Waals surface area contributed by atoms with Gasteiger partial charge >= 0.3 is 6.01 Å². The molecule has 0 radical (unpaired) electrons. The quantitative estimate of drug-likeness (QED) is 0.745. The Balaban J connectivity index is 1.94. The highest BCUT2D eigenvalue weighted by Crippen LogP contribution is 2.25. The first kappa shape index (κ1) is 11.7. The molecule has 1 aromatic carbocycles. The van der Waals surface area contributed by atoms with Crippen molar-refractivity contribution in [1.29, 1.82) is 0 Å². The molecule has 0 aliphatic carbocycles. The summed E-state index contributed by atoms with van der Waals surface area (Å²) in [6.07, 6.45) is 0. The first-order valence-electron chi connectivity index (χ1n) is 5.43. The number of para-hydroxylation sites is 2. The van der Waals surface area contributed by atoms with Crippen LogP contribution in [-0.2, 0) is 0 Å². The second kappa shape index (κ2) is 4.73. The highest BCUT2D eigenvalue weighted by Gasteiger charge is 2.09. The van der Waals surface area contributed by atoms with Gasteiger partial charge < -0.3 is 15.5 Å². The van der Waals surface area contributed by atoms with Crippen molar-refractivity contribution >= 4 is 28.7 Å². The number of hydrogen-bond donors (Lipinski definition) is 2. The Morgan fingerprint density at radius 3 is 2.79 bits per heavy atom. The lowest BCUT2D eigenvalue weighted by Crippen LogP contribution is -2.01. The minimum absolute atomic E-state index is 0.116. The number of nitrogens with one attached hydrogen (secondary N) is 1. The Morgan fingerprint density at radius 1 is 1.16 bits per heavy atom. The number of benzene rings is 1. The molecule has 8 heteroatoms. The van der Waals surface area contributed by atoms with E-state index in [0.29, 0.717) is 10.3 Å². The number of fused-ring (bicyclic) bond motifs is 1. The van der Waals surface area contributed by atoms with Crippen molar-refractivity contribution in [1.82, 2.24) is 24.9 Å². The van der Waals surface area contributed by atoms with Crippen molar-refractivity contribution in [2.24, 2.45) is 0 Å². The van der Waals surface area contributed by atoms with Crippen LogP contribution >= 0.6 is 11.8 Å². The number of rotatable bonds is 3. The maximum Gasteiger partial charge on any atom is 0.321 e. The SMILES string of the molecule is COc1nc(N)nc(Sc2nc3ccccc3[nH]2)n1. The number of nitrogens with zero attached hydrogens (tertiary/aromatic N) is 4. The zero-order chi connectivity index (χ0) is 13.2. The molecule has 0 aliphatic heterocycles. The van der Waals surface area contributed by atoms with Gasteiger partial charge in [-0.2, -0.15) is 15.0 Å². The van der Waals surface area contributed by atoms with E-state index >= 15 is 0 Å². The second-order valence-electron chi connectivity index (χ2n) is 3.62. The number of methoxy groups -OCH3 is 1. The van der Waals surface area contributed by atoms with Crippen molar-refractivity contribution in [3.8, 4) is 6.01 Å². The molecule has 0 saturated heterocycles. The summed E-state index contributed by atoms with van der Waals surface area (Å²) in [7, 11) is 1.48. The van der Waals surface area contributed by atoms with Crippen LogP contribution in [0.5, 0.6) is 6.01 Å². The van der Waals surface area contributed by atoms with Gasteiger partial charge in [0.1, 0.15) is 0 Å². The molecule has 96 valence electrons. The normalized spacial score (nSPS) is 10.8. The smallest absolute Gasteiger partial charge is 0.321 e. The summed E-state index contributed by atoms with van der Waals surface area (Å²) in [5, 5.41) is 1.12. The summed E-state index contributed by atoms with van der Waals surface area (Å²) in [5.41, 5.74) is 7.42.